The van der Waals surface area contributed by atoms with E-state index in [0.717, 1.165) is 6.07 Å². The van der Waals surface area contributed by atoms with Crippen molar-refractivity contribution in [2.24, 2.45) is 0 Å². The number of rotatable bonds is 5. The number of piperazine rings is 1. The molecule has 28 heavy (non-hydrogen) atoms. The zero-order chi connectivity index (χ0) is 20.5. The van der Waals surface area contributed by atoms with Gasteiger partial charge in [-0.3, -0.25) is 20.2 Å². The second-order valence-electron chi connectivity index (χ2n) is 6.04. The molecule has 0 atom stereocenters. The monoisotopic (exact) mass is 470 g/mol. The number of nitrogens with zero attached hydrogens (tertiary/aromatic N) is 4. The van der Waals surface area contributed by atoms with Crippen LogP contribution >= 0.6 is 15.9 Å². The Morgan fingerprint density at radius 1 is 0.929 bits per heavy atom. The summed E-state index contributed by atoms with van der Waals surface area (Å²) in [6, 6.07) is 9.61. The maximum absolute atomic E-state index is 12.8. The molecular formula is C16H15BrN4O6S. The highest BCUT2D eigenvalue weighted by atomic mass is 79.9. The van der Waals surface area contributed by atoms with E-state index in [0.29, 0.717) is 10.2 Å². The molecule has 1 saturated heterocycles. The Labute approximate surface area is 168 Å². The van der Waals surface area contributed by atoms with Crippen LogP contribution in [-0.2, 0) is 10.0 Å². The van der Waals surface area contributed by atoms with Crippen LogP contribution in [0.4, 0.5) is 17.1 Å². The Balaban J connectivity index is 1.80. The zero-order valence-electron chi connectivity index (χ0n) is 14.4. The predicted octanol–water partition coefficient (Wildman–Crippen LogP) is 2.78. The molecule has 10 nitrogen and oxygen atoms in total. The molecule has 2 aromatic rings. The highest BCUT2D eigenvalue weighted by Gasteiger charge is 2.31. The minimum Gasteiger partial charge on any atom is -0.363 e. The molecule has 1 aliphatic rings. The number of sulfonamides is 1. The lowest BCUT2D eigenvalue weighted by atomic mass is 10.2. The normalized spacial score (nSPS) is 15.4. The second kappa shape index (κ2) is 7.81. The van der Waals surface area contributed by atoms with E-state index in [-0.39, 0.29) is 42.4 Å². The Bertz CT molecular complexity index is 1040. The summed E-state index contributed by atoms with van der Waals surface area (Å²) in [7, 11) is -3.90. The Hall–Kier alpha value is -2.57. The number of non-ortho nitro benzene ring substituents is 1. The average Bonchev–Trinajstić information content (AvgIpc) is 2.68. The highest BCUT2D eigenvalue weighted by molar-refractivity contribution is 9.10. The molecule has 0 radical (unpaired) electrons. The smallest absolute Gasteiger partial charge is 0.293 e. The zero-order valence-corrected chi connectivity index (χ0v) is 16.8. The van der Waals surface area contributed by atoms with Gasteiger partial charge in [-0.15, -0.1) is 0 Å². The number of halogens is 1. The fourth-order valence-electron chi connectivity index (χ4n) is 2.99. The van der Waals surface area contributed by atoms with Crippen LogP contribution < -0.4 is 4.90 Å². The van der Waals surface area contributed by atoms with Crippen LogP contribution in [0.1, 0.15) is 0 Å². The SMILES string of the molecule is O=[N+]([O-])c1cccc(S(=O)(=O)N2CCN(c3ccc(Br)cc3[N+](=O)[O-])CC2)c1. The van der Waals surface area contributed by atoms with Gasteiger partial charge in [-0.2, -0.15) is 4.31 Å². The molecule has 0 spiro atoms. The third kappa shape index (κ3) is 3.98. The van der Waals surface area contributed by atoms with Crippen LogP contribution in [-0.4, -0.2) is 48.7 Å². The van der Waals surface area contributed by atoms with Crippen LogP contribution in [0.5, 0.6) is 0 Å². The van der Waals surface area contributed by atoms with Crippen molar-refractivity contribution in [1.29, 1.82) is 0 Å². The number of nitro groups is 2. The molecule has 1 heterocycles. The van der Waals surface area contributed by atoms with E-state index in [1.54, 1.807) is 17.0 Å². The molecule has 3 rings (SSSR count). The lowest BCUT2D eigenvalue weighted by Crippen LogP contribution is -2.48. The van der Waals surface area contributed by atoms with Gasteiger partial charge in [0.2, 0.25) is 10.0 Å². The summed E-state index contributed by atoms with van der Waals surface area (Å²) < 4.78 is 27.4. The molecule has 2 aromatic carbocycles. The standard InChI is InChI=1S/C16H15BrN4O6S/c17-12-4-5-15(16(10-12)21(24)25)18-6-8-19(9-7-18)28(26,27)14-3-1-2-13(11-14)20(22)23/h1-5,10-11H,6-9H2. The summed E-state index contributed by atoms with van der Waals surface area (Å²) in [5.74, 6) is 0. The summed E-state index contributed by atoms with van der Waals surface area (Å²) in [6.07, 6.45) is 0. The fraction of sp³-hybridized carbons (Fsp3) is 0.250. The van der Waals surface area contributed by atoms with E-state index < -0.39 is 19.9 Å². The summed E-state index contributed by atoms with van der Waals surface area (Å²) in [4.78, 5) is 22.7. The van der Waals surface area contributed by atoms with E-state index >= 15 is 0 Å². The van der Waals surface area contributed by atoms with E-state index in [1.807, 2.05) is 0 Å². The molecule has 12 heteroatoms. The minimum absolute atomic E-state index is 0.0654. The quantitative estimate of drug-likeness (QED) is 0.485. The fourth-order valence-corrected chi connectivity index (χ4v) is 4.80. The van der Waals surface area contributed by atoms with Crippen LogP contribution in [0.2, 0.25) is 0 Å². The average molecular weight is 471 g/mol. The maximum Gasteiger partial charge on any atom is 0.293 e. The van der Waals surface area contributed by atoms with E-state index in [1.165, 1.54) is 28.6 Å². The molecule has 148 valence electrons. The van der Waals surface area contributed by atoms with Crippen LogP contribution in [0.3, 0.4) is 0 Å². The molecule has 0 aromatic heterocycles. The van der Waals surface area contributed by atoms with Crippen molar-refractivity contribution in [3.8, 4) is 0 Å². The topological polar surface area (TPSA) is 127 Å². The predicted molar refractivity (Wildman–Crippen MR) is 105 cm³/mol. The van der Waals surface area contributed by atoms with Gasteiger partial charge in [0.1, 0.15) is 5.69 Å². The molecule has 0 saturated carbocycles. The lowest BCUT2D eigenvalue weighted by Gasteiger charge is -2.35. The number of benzene rings is 2. The first-order valence-corrected chi connectivity index (χ1v) is 10.4. The lowest BCUT2D eigenvalue weighted by molar-refractivity contribution is -0.385. The van der Waals surface area contributed by atoms with Crippen molar-refractivity contribution in [3.63, 3.8) is 0 Å². The first-order chi connectivity index (χ1) is 13.2. The Morgan fingerprint density at radius 2 is 1.61 bits per heavy atom. The number of nitro benzene ring substituents is 2. The summed E-state index contributed by atoms with van der Waals surface area (Å²) in [5, 5.41) is 22.2. The van der Waals surface area contributed by atoms with E-state index in [2.05, 4.69) is 15.9 Å². The second-order valence-corrected chi connectivity index (χ2v) is 8.89. The van der Waals surface area contributed by atoms with E-state index in [4.69, 9.17) is 0 Å². The first kappa shape index (κ1) is 20.2. The largest absolute Gasteiger partial charge is 0.363 e. The highest BCUT2D eigenvalue weighted by Crippen LogP contribution is 2.32. The molecule has 0 aliphatic carbocycles. The van der Waals surface area contributed by atoms with Gasteiger partial charge in [-0.25, -0.2) is 8.42 Å². The Morgan fingerprint density at radius 3 is 2.21 bits per heavy atom. The van der Waals surface area contributed by atoms with Crippen molar-refractivity contribution in [2.45, 2.75) is 4.90 Å². The summed E-state index contributed by atoms with van der Waals surface area (Å²) in [6.45, 7) is 0.740. The van der Waals surface area contributed by atoms with Crippen molar-refractivity contribution < 1.29 is 18.3 Å². The molecule has 1 fully saturated rings. The van der Waals surface area contributed by atoms with Crippen LogP contribution in [0.25, 0.3) is 0 Å². The van der Waals surface area contributed by atoms with E-state index in [9.17, 15) is 28.6 Å². The Kier molecular flexibility index (Phi) is 5.63. The molecule has 0 unspecified atom stereocenters. The maximum atomic E-state index is 12.8. The van der Waals surface area contributed by atoms with Gasteiger partial charge in [-0.05, 0) is 18.2 Å². The molecule has 1 aliphatic heterocycles. The van der Waals surface area contributed by atoms with Gasteiger partial charge in [0.15, 0.2) is 0 Å². The van der Waals surface area contributed by atoms with Crippen molar-refractivity contribution in [1.82, 2.24) is 4.31 Å². The minimum atomic E-state index is -3.90. The van der Waals surface area contributed by atoms with Crippen molar-refractivity contribution in [2.75, 3.05) is 31.1 Å². The van der Waals surface area contributed by atoms with Gasteiger partial charge in [-0.1, -0.05) is 22.0 Å². The van der Waals surface area contributed by atoms with Gasteiger partial charge in [0.05, 0.1) is 14.7 Å². The molecule has 0 N–H and O–H groups in total. The molecular weight excluding hydrogens is 456 g/mol. The third-order valence-electron chi connectivity index (χ3n) is 4.38. The van der Waals surface area contributed by atoms with Crippen LogP contribution in [0.15, 0.2) is 51.8 Å². The first-order valence-electron chi connectivity index (χ1n) is 8.13. The third-order valence-corrected chi connectivity index (χ3v) is 6.77. The molecule has 0 bridgehead atoms. The summed E-state index contributed by atoms with van der Waals surface area (Å²) in [5.41, 5.74) is 0.0511. The van der Waals surface area contributed by atoms with Crippen molar-refractivity contribution >= 4 is 43.0 Å². The van der Waals surface area contributed by atoms with Crippen LogP contribution in [0, 0.1) is 20.2 Å². The number of hydrogen-bond acceptors (Lipinski definition) is 7. The van der Waals surface area contributed by atoms with Gasteiger partial charge in [0.25, 0.3) is 11.4 Å². The van der Waals surface area contributed by atoms with Crippen molar-refractivity contribution in [3.05, 3.63) is 67.2 Å². The summed E-state index contributed by atoms with van der Waals surface area (Å²) >= 11 is 3.21. The number of hydrogen-bond donors (Lipinski definition) is 0. The molecule has 0 amide bonds. The van der Waals surface area contributed by atoms with Gasteiger partial charge in [0, 0.05) is 48.9 Å². The van der Waals surface area contributed by atoms with Gasteiger partial charge < -0.3 is 4.90 Å². The number of anilines is 1. The van der Waals surface area contributed by atoms with Gasteiger partial charge >= 0.3 is 0 Å².